The minimum absolute atomic E-state index is 0.186. The summed E-state index contributed by atoms with van der Waals surface area (Å²) >= 11 is 12.6. The average molecular weight is 476 g/mol. The van der Waals surface area contributed by atoms with Gasteiger partial charge in [0.25, 0.3) is 5.56 Å². The Hall–Kier alpha value is -2.54. The number of hydrogen-bond donors (Lipinski definition) is 0. The summed E-state index contributed by atoms with van der Waals surface area (Å²) in [6.45, 7) is 2.03. The van der Waals surface area contributed by atoms with Crippen LogP contribution in [0.15, 0.2) is 59.2 Å². The predicted molar refractivity (Wildman–Crippen MR) is 128 cm³/mol. The van der Waals surface area contributed by atoms with E-state index in [1.807, 2.05) is 18.2 Å². The molecule has 0 radical (unpaired) electrons. The van der Waals surface area contributed by atoms with E-state index >= 15 is 0 Å². The van der Waals surface area contributed by atoms with E-state index in [0.717, 1.165) is 30.0 Å². The summed E-state index contributed by atoms with van der Waals surface area (Å²) in [5.41, 5.74) is 3.20. The van der Waals surface area contributed by atoms with Crippen LogP contribution in [0.5, 0.6) is 5.75 Å². The predicted octanol–water partition coefficient (Wildman–Crippen LogP) is 5.45. The van der Waals surface area contributed by atoms with Gasteiger partial charge in [0, 0.05) is 37.3 Å². The molecule has 0 atom stereocenters. The Morgan fingerprint density at radius 1 is 1.16 bits per heavy atom. The highest BCUT2D eigenvalue weighted by Gasteiger charge is 2.22. The number of hydrogen-bond acceptors (Lipinski definition) is 3. The van der Waals surface area contributed by atoms with E-state index in [1.165, 1.54) is 22.4 Å². The maximum atomic E-state index is 13.5. The summed E-state index contributed by atoms with van der Waals surface area (Å²) in [4.78, 5) is 15.1. The standard InChI is InChI=1S/C24H24Cl2FN3O2/c1-28-21(23(26)24(31)30(28)19-5-3-4-18(27)7-8-19)15-29-12-10-16(11-13-29)20-14-17(25)6-9-22(20)32-2/h4-10,14H,3,11-13,15H2,1-2H3. The topological polar surface area (TPSA) is 39.4 Å². The third-order valence-electron chi connectivity index (χ3n) is 5.80. The lowest BCUT2D eigenvalue weighted by atomic mass is 9.98. The van der Waals surface area contributed by atoms with Gasteiger partial charge in [-0.15, -0.1) is 0 Å². The van der Waals surface area contributed by atoms with Gasteiger partial charge in [-0.1, -0.05) is 35.4 Å². The average Bonchev–Trinajstić information content (AvgIpc) is 2.93. The van der Waals surface area contributed by atoms with Gasteiger partial charge < -0.3 is 4.74 Å². The van der Waals surface area contributed by atoms with Crippen molar-refractivity contribution in [1.82, 2.24) is 14.3 Å². The molecule has 1 aromatic heterocycles. The van der Waals surface area contributed by atoms with Crippen LogP contribution >= 0.6 is 23.2 Å². The zero-order valence-corrected chi connectivity index (χ0v) is 19.5. The van der Waals surface area contributed by atoms with Crippen LogP contribution < -0.4 is 10.3 Å². The second kappa shape index (κ2) is 9.53. The summed E-state index contributed by atoms with van der Waals surface area (Å²) in [7, 11) is 3.45. The second-order valence-electron chi connectivity index (χ2n) is 7.75. The molecule has 0 saturated carbocycles. The van der Waals surface area contributed by atoms with Gasteiger partial charge in [-0.3, -0.25) is 14.4 Å². The molecule has 4 rings (SSSR count). The van der Waals surface area contributed by atoms with Crippen LogP contribution in [0.4, 0.5) is 4.39 Å². The summed E-state index contributed by atoms with van der Waals surface area (Å²) in [5.74, 6) is 0.476. The lowest BCUT2D eigenvalue weighted by Gasteiger charge is -2.27. The van der Waals surface area contributed by atoms with Gasteiger partial charge in [0.15, 0.2) is 0 Å². The third kappa shape index (κ3) is 4.49. The molecular formula is C24H24Cl2FN3O2. The molecule has 168 valence electrons. The summed E-state index contributed by atoms with van der Waals surface area (Å²) < 4.78 is 22.3. The zero-order chi connectivity index (χ0) is 22.8. The van der Waals surface area contributed by atoms with Gasteiger partial charge in [-0.05, 0) is 54.8 Å². The Morgan fingerprint density at radius 2 is 1.97 bits per heavy atom. The maximum absolute atomic E-state index is 13.5. The lowest BCUT2D eigenvalue weighted by molar-refractivity contribution is 0.284. The fourth-order valence-corrected chi connectivity index (χ4v) is 4.50. The van der Waals surface area contributed by atoms with Crippen molar-refractivity contribution in [3.63, 3.8) is 0 Å². The van der Waals surface area contributed by atoms with E-state index in [2.05, 4.69) is 11.0 Å². The molecule has 1 aliphatic heterocycles. The van der Waals surface area contributed by atoms with E-state index in [9.17, 15) is 9.18 Å². The first-order valence-corrected chi connectivity index (χ1v) is 11.1. The Kier molecular flexibility index (Phi) is 6.74. The van der Waals surface area contributed by atoms with Crippen molar-refractivity contribution in [3.8, 4) is 5.75 Å². The number of methoxy groups -OCH3 is 1. The van der Waals surface area contributed by atoms with Crippen molar-refractivity contribution >= 4 is 34.5 Å². The van der Waals surface area contributed by atoms with E-state index in [0.29, 0.717) is 30.2 Å². The Bertz CT molecular complexity index is 1220. The van der Waals surface area contributed by atoms with E-state index in [4.69, 9.17) is 27.9 Å². The highest BCUT2D eigenvalue weighted by atomic mass is 35.5. The Morgan fingerprint density at radius 3 is 2.69 bits per heavy atom. The third-order valence-corrected chi connectivity index (χ3v) is 6.41. The number of allylic oxidation sites excluding steroid dienone is 6. The first-order chi connectivity index (χ1) is 15.4. The molecule has 0 spiro atoms. The number of ether oxygens (including phenoxy) is 1. The minimum Gasteiger partial charge on any atom is -0.496 e. The zero-order valence-electron chi connectivity index (χ0n) is 17.9. The van der Waals surface area contributed by atoms with Gasteiger partial charge in [0.1, 0.15) is 16.6 Å². The molecule has 0 unspecified atom stereocenters. The summed E-state index contributed by atoms with van der Waals surface area (Å²) in [6, 6.07) is 5.62. The van der Waals surface area contributed by atoms with Crippen molar-refractivity contribution in [1.29, 1.82) is 0 Å². The largest absolute Gasteiger partial charge is 0.496 e. The number of benzene rings is 1. The first kappa shape index (κ1) is 22.6. The van der Waals surface area contributed by atoms with E-state index in [-0.39, 0.29) is 16.4 Å². The van der Waals surface area contributed by atoms with Crippen LogP contribution in [-0.2, 0) is 13.6 Å². The van der Waals surface area contributed by atoms with Crippen LogP contribution in [0.1, 0.15) is 24.1 Å². The smallest absolute Gasteiger partial charge is 0.290 e. The minimum atomic E-state index is -0.322. The number of halogens is 3. The Labute approximate surface area is 196 Å². The van der Waals surface area contributed by atoms with Gasteiger partial charge in [-0.25, -0.2) is 9.07 Å². The van der Waals surface area contributed by atoms with Gasteiger partial charge >= 0.3 is 0 Å². The van der Waals surface area contributed by atoms with Crippen LogP contribution in [0.2, 0.25) is 10.0 Å². The molecule has 1 aliphatic carbocycles. The summed E-state index contributed by atoms with van der Waals surface area (Å²) in [5, 5.41) is 0.856. The number of nitrogens with zero attached hydrogens (tertiary/aromatic N) is 3. The quantitative estimate of drug-likeness (QED) is 0.577. The molecule has 5 nitrogen and oxygen atoms in total. The van der Waals surface area contributed by atoms with Crippen molar-refractivity contribution in [2.75, 3.05) is 20.2 Å². The molecule has 32 heavy (non-hydrogen) atoms. The molecule has 0 fully saturated rings. The van der Waals surface area contributed by atoms with Crippen LogP contribution in [-0.4, -0.2) is 34.5 Å². The van der Waals surface area contributed by atoms with Gasteiger partial charge in [-0.2, -0.15) is 0 Å². The van der Waals surface area contributed by atoms with Gasteiger partial charge in [0.05, 0.1) is 18.5 Å². The number of aromatic nitrogens is 2. The van der Waals surface area contributed by atoms with Crippen LogP contribution in [0.3, 0.4) is 0 Å². The molecule has 0 amide bonds. The molecule has 0 bridgehead atoms. The van der Waals surface area contributed by atoms with E-state index in [1.54, 1.807) is 31.0 Å². The molecule has 2 aromatic rings. The lowest BCUT2D eigenvalue weighted by Crippen LogP contribution is -2.29. The van der Waals surface area contributed by atoms with Crippen LogP contribution in [0, 0.1) is 0 Å². The highest BCUT2D eigenvalue weighted by molar-refractivity contribution is 6.31. The van der Waals surface area contributed by atoms with Crippen molar-refractivity contribution in [2.45, 2.75) is 19.4 Å². The number of rotatable bonds is 5. The van der Waals surface area contributed by atoms with Crippen molar-refractivity contribution in [3.05, 3.63) is 86.1 Å². The van der Waals surface area contributed by atoms with Crippen molar-refractivity contribution in [2.24, 2.45) is 7.05 Å². The normalized spacial score (nSPS) is 17.0. The van der Waals surface area contributed by atoms with Crippen LogP contribution in [0.25, 0.3) is 11.3 Å². The molecule has 2 heterocycles. The molecular weight excluding hydrogens is 452 g/mol. The fraction of sp³-hybridized carbons (Fsp3) is 0.292. The Balaban J connectivity index is 1.55. The highest BCUT2D eigenvalue weighted by Crippen LogP contribution is 2.33. The summed E-state index contributed by atoms with van der Waals surface area (Å²) in [6.07, 6.45) is 9.60. The molecule has 2 aliphatic rings. The van der Waals surface area contributed by atoms with E-state index < -0.39 is 0 Å². The van der Waals surface area contributed by atoms with Gasteiger partial charge in [0.2, 0.25) is 0 Å². The maximum Gasteiger partial charge on any atom is 0.290 e. The fourth-order valence-electron chi connectivity index (χ4n) is 4.07. The molecule has 1 aromatic carbocycles. The first-order valence-electron chi connectivity index (χ1n) is 10.3. The SMILES string of the molecule is COc1ccc(Cl)cc1C1=CCN(Cc2c(Cl)c(=O)n(C3=CCC=C(F)C=C3)n2C)CC1. The van der Waals surface area contributed by atoms with Crippen molar-refractivity contribution < 1.29 is 9.13 Å². The second-order valence-corrected chi connectivity index (χ2v) is 8.56. The molecule has 0 saturated heterocycles. The molecule has 8 heteroatoms. The monoisotopic (exact) mass is 475 g/mol. The molecule has 0 N–H and O–H groups in total.